The van der Waals surface area contributed by atoms with Crippen LogP contribution in [0.15, 0.2) is 23.7 Å². The third-order valence-corrected chi connectivity index (χ3v) is 5.44. The number of rotatable bonds is 3. The number of nitrogens with zero attached hydrogens (tertiary/aromatic N) is 2. The van der Waals surface area contributed by atoms with E-state index in [1.807, 2.05) is 4.90 Å². The molecule has 1 aromatic carbocycles. The lowest BCUT2D eigenvalue weighted by Gasteiger charge is -2.40. The van der Waals surface area contributed by atoms with Gasteiger partial charge in [-0.15, -0.1) is 11.3 Å². The van der Waals surface area contributed by atoms with Gasteiger partial charge >= 0.3 is 5.97 Å². The van der Waals surface area contributed by atoms with Crippen LogP contribution in [-0.4, -0.2) is 39.9 Å². The van der Waals surface area contributed by atoms with Crippen LogP contribution in [0.25, 0.3) is 10.2 Å². The first-order valence-electron chi connectivity index (χ1n) is 8.33. The van der Waals surface area contributed by atoms with E-state index in [9.17, 15) is 9.59 Å². The van der Waals surface area contributed by atoms with Gasteiger partial charge in [0.15, 0.2) is 6.10 Å². The van der Waals surface area contributed by atoms with Crippen molar-refractivity contribution in [3.05, 3.63) is 29.3 Å². The number of ether oxygens (including phenoxy) is 1. The van der Waals surface area contributed by atoms with Crippen LogP contribution in [0, 0.1) is 0 Å². The van der Waals surface area contributed by atoms with Gasteiger partial charge in [0.2, 0.25) is 0 Å². The van der Waals surface area contributed by atoms with Crippen molar-refractivity contribution >= 4 is 33.4 Å². The highest BCUT2D eigenvalue weighted by atomic mass is 32.1. The molecule has 24 heavy (non-hydrogen) atoms. The van der Waals surface area contributed by atoms with Crippen LogP contribution in [0.5, 0.6) is 0 Å². The van der Waals surface area contributed by atoms with Crippen LogP contribution in [0.2, 0.25) is 0 Å². The van der Waals surface area contributed by atoms with Gasteiger partial charge in [0.05, 0.1) is 21.3 Å². The molecule has 1 aromatic heterocycles. The number of hydrogen-bond acceptors (Lipinski definition) is 5. The fraction of sp³-hybridized carbons (Fsp3) is 0.500. The van der Waals surface area contributed by atoms with E-state index in [0.717, 1.165) is 29.5 Å². The van der Waals surface area contributed by atoms with Crippen molar-refractivity contribution in [3.8, 4) is 0 Å². The number of likely N-dealkylation sites (tertiary alicyclic amines) is 1. The number of carbonyl (C=O) groups excluding carboxylic acids is 2. The summed E-state index contributed by atoms with van der Waals surface area (Å²) in [4.78, 5) is 31.1. The monoisotopic (exact) mass is 346 g/mol. The van der Waals surface area contributed by atoms with Gasteiger partial charge in [0.25, 0.3) is 5.91 Å². The van der Waals surface area contributed by atoms with Gasteiger partial charge in [0, 0.05) is 12.1 Å². The first kappa shape index (κ1) is 16.9. The van der Waals surface area contributed by atoms with E-state index in [0.29, 0.717) is 5.56 Å². The van der Waals surface area contributed by atoms with Crippen LogP contribution in [0.3, 0.4) is 0 Å². The molecule has 1 aliphatic heterocycles. The van der Waals surface area contributed by atoms with Crippen LogP contribution in [0.4, 0.5) is 0 Å². The average molecular weight is 346 g/mol. The molecule has 6 heteroatoms. The first-order chi connectivity index (χ1) is 11.5. The molecule has 1 fully saturated rings. The standard InChI is InChI=1S/C18H22N2O3S/c1-11-5-4-6-12(2)20(11)17(21)13(3)23-18(22)14-7-8-15-16(9-14)24-10-19-15/h7-13H,4-6H2,1-3H3/t11-,12-,13+/m0/s1. The van der Waals surface area contributed by atoms with Crippen molar-refractivity contribution in [2.75, 3.05) is 0 Å². The third-order valence-electron chi connectivity index (χ3n) is 4.65. The molecule has 1 aliphatic rings. The zero-order valence-corrected chi connectivity index (χ0v) is 15.0. The normalized spacial score (nSPS) is 22.4. The number of thiazole rings is 1. The Hall–Kier alpha value is -1.95. The topological polar surface area (TPSA) is 59.5 Å². The predicted molar refractivity (Wildman–Crippen MR) is 94.1 cm³/mol. The molecule has 0 unspecified atom stereocenters. The minimum atomic E-state index is -0.780. The molecule has 0 aliphatic carbocycles. The summed E-state index contributed by atoms with van der Waals surface area (Å²) < 4.78 is 6.36. The number of carbonyl (C=O) groups is 2. The molecule has 0 bridgehead atoms. The van der Waals surface area contributed by atoms with Crippen molar-refractivity contribution in [3.63, 3.8) is 0 Å². The molecule has 0 N–H and O–H groups in total. The van der Waals surface area contributed by atoms with Gasteiger partial charge in [0.1, 0.15) is 0 Å². The maximum atomic E-state index is 12.7. The van der Waals surface area contributed by atoms with Crippen molar-refractivity contribution in [1.82, 2.24) is 9.88 Å². The molecule has 1 amide bonds. The Kier molecular flexibility index (Phi) is 4.85. The van der Waals surface area contributed by atoms with Gasteiger partial charge in [-0.25, -0.2) is 9.78 Å². The molecule has 3 atom stereocenters. The quantitative estimate of drug-likeness (QED) is 0.796. The number of benzene rings is 1. The Morgan fingerprint density at radius 1 is 1.29 bits per heavy atom. The second-order valence-electron chi connectivity index (χ2n) is 6.46. The molecular weight excluding hydrogens is 324 g/mol. The van der Waals surface area contributed by atoms with E-state index < -0.39 is 12.1 Å². The maximum Gasteiger partial charge on any atom is 0.338 e. The average Bonchev–Trinajstić information content (AvgIpc) is 3.01. The molecule has 2 aromatic rings. The Morgan fingerprint density at radius 2 is 2.00 bits per heavy atom. The van der Waals surface area contributed by atoms with E-state index in [4.69, 9.17) is 4.74 Å². The molecule has 1 saturated heterocycles. The molecule has 128 valence electrons. The minimum absolute atomic E-state index is 0.109. The Bertz CT molecular complexity index is 748. The fourth-order valence-corrected chi connectivity index (χ4v) is 4.04. The lowest BCUT2D eigenvalue weighted by atomic mass is 9.97. The van der Waals surface area contributed by atoms with E-state index >= 15 is 0 Å². The zero-order valence-electron chi connectivity index (χ0n) is 14.2. The van der Waals surface area contributed by atoms with E-state index in [1.54, 1.807) is 30.6 Å². The number of piperidine rings is 1. The number of fused-ring (bicyclic) bond motifs is 1. The molecule has 2 heterocycles. The first-order valence-corrected chi connectivity index (χ1v) is 9.21. The van der Waals surface area contributed by atoms with Gasteiger partial charge in [-0.1, -0.05) is 0 Å². The Labute approximate surface area is 145 Å². The second-order valence-corrected chi connectivity index (χ2v) is 7.34. The van der Waals surface area contributed by atoms with Gasteiger partial charge < -0.3 is 9.64 Å². The van der Waals surface area contributed by atoms with Crippen LogP contribution < -0.4 is 0 Å². The molecular formula is C18H22N2O3S. The number of esters is 1. The summed E-state index contributed by atoms with van der Waals surface area (Å²) in [6, 6.07) is 5.63. The van der Waals surface area contributed by atoms with Crippen molar-refractivity contribution < 1.29 is 14.3 Å². The number of hydrogen-bond donors (Lipinski definition) is 0. The number of amides is 1. The summed E-state index contributed by atoms with van der Waals surface area (Å²) in [6.45, 7) is 5.76. The van der Waals surface area contributed by atoms with Crippen LogP contribution >= 0.6 is 11.3 Å². The lowest BCUT2D eigenvalue weighted by Crippen LogP contribution is -2.51. The molecule has 5 nitrogen and oxygen atoms in total. The SMILES string of the molecule is C[C@@H](OC(=O)c1ccc2ncsc2c1)C(=O)N1[C@@H](C)CCC[C@@H]1C. The van der Waals surface area contributed by atoms with Crippen molar-refractivity contribution in [2.24, 2.45) is 0 Å². The van der Waals surface area contributed by atoms with E-state index in [1.165, 1.54) is 11.3 Å². The summed E-state index contributed by atoms with van der Waals surface area (Å²) in [5, 5.41) is 0. The van der Waals surface area contributed by atoms with Crippen molar-refractivity contribution in [2.45, 2.75) is 58.2 Å². The highest BCUT2D eigenvalue weighted by molar-refractivity contribution is 7.16. The van der Waals surface area contributed by atoms with Gasteiger partial charge in [-0.2, -0.15) is 0 Å². The maximum absolute atomic E-state index is 12.7. The number of aromatic nitrogens is 1. The van der Waals surface area contributed by atoms with E-state index in [2.05, 4.69) is 18.8 Å². The molecule has 0 spiro atoms. The van der Waals surface area contributed by atoms with Crippen LogP contribution in [-0.2, 0) is 9.53 Å². The van der Waals surface area contributed by atoms with Crippen LogP contribution in [0.1, 0.15) is 50.4 Å². The summed E-state index contributed by atoms with van der Waals surface area (Å²) >= 11 is 1.47. The third kappa shape index (κ3) is 3.29. The Morgan fingerprint density at radius 3 is 2.71 bits per heavy atom. The summed E-state index contributed by atoms with van der Waals surface area (Å²) in [5.41, 5.74) is 3.05. The highest BCUT2D eigenvalue weighted by Crippen LogP contribution is 2.24. The Balaban J connectivity index is 1.69. The largest absolute Gasteiger partial charge is 0.449 e. The zero-order chi connectivity index (χ0) is 17.3. The fourth-order valence-electron chi connectivity index (χ4n) is 3.33. The second kappa shape index (κ2) is 6.89. The summed E-state index contributed by atoms with van der Waals surface area (Å²) in [5.74, 6) is -0.578. The predicted octanol–water partition coefficient (Wildman–Crippen LogP) is 3.63. The molecule has 0 radical (unpaired) electrons. The van der Waals surface area contributed by atoms with Crippen molar-refractivity contribution in [1.29, 1.82) is 0 Å². The molecule has 3 rings (SSSR count). The van der Waals surface area contributed by atoms with Gasteiger partial charge in [-0.05, 0) is 58.2 Å². The molecule has 0 saturated carbocycles. The minimum Gasteiger partial charge on any atom is -0.449 e. The summed E-state index contributed by atoms with van der Waals surface area (Å²) in [7, 11) is 0. The smallest absolute Gasteiger partial charge is 0.338 e. The lowest BCUT2D eigenvalue weighted by molar-refractivity contribution is -0.146. The highest BCUT2D eigenvalue weighted by Gasteiger charge is 2.33. The van der Waals surface area contributed by atoms with E-state index in [-0.39, 0.29) is 18.0 Å². The van der Waals surface area contributed by atoms with Gasteiger partial charge in [-0.3, -0.25) is 4.79 Å². The summed E-state index contributed by atoms with van der Waals surface area (Å²) in [6.07, 6.45) is 2.35.